The van der Waals surface area contributed by atoms with Gasteiger partial charge in [-0.2, -0.15) is 0 Å². The van der Waals surface area contributed by atoms with Gasteiger partial charge in [0.1, 0.15) is 0 Å². The summed E-state index contributed by atoms with van der Waals surface area (Å²) >= 11 is 0. The van der Waals surface area contributed by atoms with Crippen LogP contribution in [-0.4, -0.2) is 36.5 Å². The van der Waals surface area contributed by atoms with E-state index in [0.29, 0.717) is 17.3 Å². The number of nitrogens with two attached hydrogens (primary N) is 2. The molecule has 0 aromatic heterocycles. The van der Waals surface area contributed by atoms with Gasteiger partial charge in [0.2, 0.25) is 0 Å². The van der Waals surface area contributed by atoms with Gasteiger partial charge in [0.05, 0.1) is 5.56 Å². The maximum Gasteiger partial charge on any atom is 0.250 e. The Morgan fingerprint density at radius 3 is 2.74 bits per heavy atom. The van der Waals surface area contributed by atoms with Crippen molar-refractivity contribution in [1.82, 2.24) is 4.90 Å². The molecule has 1 aliphatic rings. The molecule has 1 saturated heterocycles. The fourth-order valence-corrected chi connectivity index (χ4v) is 2.46. The normalized spacial score (nSPS) is 17.3. The molecule has 5 heteroatoms. The van der Waals surface area contributed by atoms with Crippen LogP contribution >= 0.6 is 0 Å². The van der Waals surface area contributed by atoms with Gasteiger partial charge in [0, 0.05) is 24.0 Å². The Morgan fingerprint density at radius 1 is 1.42 bits per heavy atom. The van der Waals surface area contributed by atoms with E-state index in [-0.39, 0.29) is 0 Å². The molecule has 0 spiro atoms. The molecular weight excluding hydrogens is 240 g/mol. The molecule has 0 bridgehead atoms. The maximum atomic E-state index is 11.2. The Balaban J connectivity index is 1.95. The van der Waals surface area contributed by atoms with E-state index in [1.165, 1.54) is 25.9 Å². The zero-order valence-corrected chi connectivity index (χ0v) is 11.4. The van der Waals surface area contributed by atoms with Crippen molar-refractivity contribution in [1.29, 1.82) is 0 Å². The molecule has 1 aliphatic heterocycles. The van der Waals surface area contributed by atoms with Crippen molar-refractivity contribution >= 4 is 17.3 Å². The number of nitrogen functional groups attached to an aromatic ring is 1. The number of anilines is 2. The lowest BCUT2D eigenvalue weighted by molar-refractivity contribution is 0.100. The first-order chi connectivity index (χ1) is 9.08. The Morgan fingerprint density at radius 2 is 2.11 bits per heavy atom. The second kappa shape index (κ2) is 5.93. The number of amides is 1. The second-order valence-electron chi connectivity index (χ2n) is 5.14. The summed E-state index contributed by atoms with van der Waals surface area (Å²) in [6, 6.07) is 5.78. The molecule has 0 aliphatic carbocycles. The molecule has 1 aromatic rings. The minimum Gasteiger partial charge on any atom is -0.398 e. The zero-order valence-electron chi connectivity index (χ0n) is 11.4. The average molecular weight is 262 g/mol. The number of benzene rings is 1. The fourth-order valence-electron chi connectivity index (χ4n) is 2.46. The Labute approximate surface area is 113 Å². The molecule has 1 unspecified atom stereocenters. The standard InChI is InChI=1S/C14H22N4O/c1-10(18-6-2-3-7-18)9-17-11-4-5-13(15)12(8-11)14(16)19/h4-5,8,10,17H,2-3,6-7,9,15H2,1H3,(H2,16,19). The van der Waals surface area contributed by atoms with Crippen LogP contribution in [-0.2, 0) is 0 Å². The van der Waals surface area contributed by atoms with Gasteiger partial charge in [-0.3, -0.25) is 9.69 Å². The average Bonchev–Trinajstić information content (AvgIpc) is 2.91. The summed E-state index contributed by atoms with van der Waals surface area (Å²) in [6.45, 7) is 5.42. The van der Waals surface area contributed by atoms with Gasteiger partial charge in [-0.15, -0.1) is 0 Å². The number of nitrogens with zero attached hydrogens (tertiary/aromatic N) is 1. The van der Waals surface area contributed by atoms with E-state index in [4.69, 9.17) is 11.5 Å². The zero-order chi connectivity index (χ0) is 13.8. The molecule has 0 radical (unpaired) electrons. The summed E-state index contributed by atoms with van der Waals surface area (Å²) in [7, 11) is 0. The molecule has 19 heavy (non-hydrogen) atoms. The molecule has 5 nitrogen and oxygen atoms in total. The van der Waals surface area contributed by atoms with Crippen molar-refractivity contribution in [3.63, 3.8) is 0 Å². The number of nitrogens with one attached hydrogen (secondary N) is 1. The first kappa shape index (κ1) is 13.7. The molecule has 0 saturated carbocycles. The third-order valence-corrected chi connectivity index (χ3v) is 3.68. The number of carbonyl (C=O) groups is 1. The van der Waals surface area contributed by atoms with Crippen molar-refractivity contribution in [3.8, 4) is 0 Å². The van der Waals surface area contributed by atoms with E-state index in [1.807, 2.05) is 6.07 Å². The van der Waals surface area contributed by atoms with Crippen LogP contribution in [0.4, 0.5) is 11.4 Å². The van der Waals surface area contributed by atoms with Crippen LogP contribution in [0.3, 0.4) is 0 Å². The molecular formula is C14H22N4O. The number of hydrogen-bond acceptors (Lipinski definition) is 4. The van der Waals surface area contributed by atoms with Crippen molar-refractivity contribution < 1.29 is 4.79 Å². The first-order valence-corrected chi connectivity index (χ1v) is 6.75. The van der Waals surface area contributed by atoms with Gasteiger partial charge >= 0.3 is 0 Å². The summed E-state index contributed by atoms with van der Waals surface area (Å²) in [4.78, 5) is 13.7. The highest BCUT2D eigenvalue weighted by Crippen LogP contribution is 2.18. The highest BCUT2D eigenvalue weighted by Gasteiger charge is 2.17. The topological polar surface area (TPSA) is 84.4 Å². The van der Waals surface area contributed by atoms with Crippen molar-refractivity contribution in [3.05, 3.63) is 23.8 Å². The lowest BCUT2D eigenvalue weighted by atomic mass is 10.1. The summed E-state index contributed by atoms with van der Waals surface area (Å²) in [5.41, 5.74) is 12.7. The summed E-state index contributed by atoms with van der Waals surface area (Å²) in [5.74, 6) is -0.492. The van der Waals surface area contributed by atoms with Crippen LogP contribution in [0.2, 0.25) is 0 Å². The Hall–Kier alpha value is -1.75. The van der Waals surface area contributed by atoms with Crippen molar-refractivity contribution in [2.75, 3.05) is 30.7 Å². The van der Waals surface area contributed by atoms with E-state index in [2.05, 4.69) is 17.1 Å². The van der Waals surface area contributed by atoms with Crippen LogP contribution in [0.5, 0.6) is 0 Å². The Kier molecular flexibility index (Phi) is 4.27. The molecule has 5 N–H and O–H groups in total. The minimum atomic E-state index is -0.492. The van der Waals surface area contributed by atoms with Gasteiger partial charge in [-0.05, 0) is 51.1 Å². The summed E-state index contributed by atoms with van der Waals surface area (Å²) < 4.78 is 0. The van der Waals surface area contributed by atoms with Crippen molar-refractivity contribution in [2.24, 2.45) is 5.73 Å². The second-order valence-corrected chi connectivity index (χ2v) is 5.14. The van der Waals surface area contributed by atoms with Gasteiger partial charge in [-0.1, -0.05) is 0 Å². The summed E-state index contributed by atoms with van der Waals surface area (Å²) in [6.07, 6.45) is 2.58. The van der Waals surface area contributed by atoms with E-state index < -0.39 is 5.91 Å². The molecule has 1 amide bonds. The van der Waals surface area contributed by atoms with E-state index in [1.54, 1.807) is 12.1 Å². The largest absolute Gasteiger partial charge is 0.398 e. The predicted octanol–water partition coefficient (Wildman–Crippen LogP) is 1.26. The van der Waals surface area contributed by atoms with Gasteiger partial charge in [-0.25, -0.2) is 0 Å². The quantitative estimate of drug-likeness (QED) is 0.698. The number of hydrogen-bond donors (Lipinski definition) is 3. The van der Waals surface area contributed by atoms with Crippen LogP contribution in [0.1, 0.15) is 30.1 Å². The van der Waals surface area contributed by atoms with Crippen LogP contribution in [0.25, 0.3) is 0 Å². The highest BCUT2D eigenvalue weighted by atomic mass is 16.1. The molecule has 2 rings (SSSR count). The van der Waals surface area contributed by atoms with E-state index >= 15 is 0 Å². The number of rotatable bonds is 5. The monoisotopic (exact) mass is 262 g/mol. The SMILES string of the molecule is CC(CNc1ccc(N)c(C(N)=O)c1)N1CCCC1. The Bertz CT molecular complexity index is 455. The van der Waals surface area contributed by atoms with Gasteiger partial charge in [0.15, 0.2) is 0 Å². The maximum absolute atomic E-state index is 11.2. The number of primary amides is 1. The fraction of sp³-hybridized carbons (Fsp3) is 0.500. The molecule has 1 heterocycles. The van der Waals surface area contributed by atoms with E-state index in [0.717, 1.165) is 12.2 Å². The highest BCUT2D eigenvalue weighted by molar-refractivity contribution is 5.98. The van der Waals surface area contributed by atoms with Crippen LogP contribution < -0.4 is 16.8 Å². The molecule has 104 valence electrons. The third kappa shape index (κ3) is 3.38. The summed E-state index contributed by atoms with van der Waals surface area (Å²) in [5, 5.41) is 3.34. The van der Waals surface area contributed by atoms with Crippen molar-refractivity contribution in [2.45, 2.75) is 25.8 Å². The first-order valence-electron chi connectivity index (χ1n) is 6.75. The molecule has 1 atom stereocenters. The molecule has 1 aromatic carbocycles. The minimum absolute atomic E-state index is 0.374. The number of likely N-dealkylation sites (tertiary alicyclic amines) is 1. The van der Waals surface area contributed by atoms with Crippen LogP contribution in [0.15, 0.2) is 18.2 Å². The van der Waals surface area contributed by atoms with Gasteiger partial charge < -0.3 is 16.8 Å². The van der Waals surface area contributed by atoms with E-state index in [9.17, 15) is 4.79 Å². The lowest BCUT2D eigenvalue weighted by Gasteiger charge is -2.24. The van der Waals surface area contributed by atoms with Crippen LogP contribution in [0, 0.1) is 0 Å². The number of carbonyl (C=O) groups excluding carboxylic acids is 1. The third-order valence-electron chi connectivity index (χ3n) is 3.68. The smallest absolute Gasteiger partial charge is 0.250 e. The predicted molar refractivity (Wildman–Crippen MR) is 78.1 cm³/mol. The lowest BCUT2D eigenvalue weighted by Crippen LogP contribution is -2.35. The molecule has 1 fully saturated rings. The van der Waals surface area contributed by atoms with Gasteiger partial charge in [0.25, 0.3) is 5.91 Å².